The fourth-order valence-electron chi connectivity index (χ4n) is 2.07. The highest BCUT2D eigenvalue weighted by Gasteiger charge is 2.27. The van der Waals surface area contributed by atoms with Crippen molar-refractivity contribution in [3.05, 3.63) is 17.8 Å². The molecule has 0 bridgehead atoms. The van der Waals surface area contributed by atoms with Gasteiger partial charge in [-0.15, -0.1) is 0 Å². The molecule has 1 aliphatic rings. The number of amides is 1. The molecule has 0 aromatic carbocycles. The van der Waals surface area contributed by atoms with E-state index in [1.165, 1.54) is 6.39 Å². The van der Waals surface area contributed by atoms with Crippen molar-refractivity contribution in [1.82, 2.24) is 9.88 Å². The fourth-order valence-corrected chi connectivity index (χ4v) is 2.07. The lowest BCUT2D eigenvalue weighted by Crippen LogP contribution is -2.41. The number of carbonyl (C=O) groups excluding carboxylic acids is 1. The maximum atomic E-state index is 12.1. The van der Waals surface area contributed by atoms with Crippen LogP contribution in [-0.4, -0.2) is 52.7 Å². The van der Waals surface area contributed by atoms with Crippen LogP contribution >= 0.6 is 0 Å². The maximum Gasteiger partial charge on any atom is 0.329 e. The number of carboxylic acids is 1. The number of aromatic nitrogens is 1. The topological polar surface area (TPSA) is 92.9 Å². The number of nitrogens with zero attached hydrogens (tertiary/aromatic N) is 2. The Hall–Kier alpha value is -1.89. The van der Waals surface area contributed by atoms with Gasteiger partial charge in [0.1, 0.15) is 6.61 Å². The monoisotopic (exact) mass is 268 g/mol. The number of rotatable bonds is 4. The van der Waals surface area contributed by atoms with E-state index in [1.807, 2.05) is 0 Å². The average Bonchev–Trinajstić information content (AvgIpc) is 2.82. The first-order valence-corrected chi connectivity index (χ1v) is 6.10. The quantitative estimate of drug-likeness (QED) is 0.863. The predicted octanol–water partition coefficient (Wildman–Crippen LogP) is 0.689. The third-order valence-corrected chi connectivity index (χ3v) is 3.11. The maximum absolute atomic E-state index is 12.1. The van der Waals surface area contributed by atoms with Crippen LogP contribution in [0.2, 0.25) is 0 Å². The van der Waals surface area contributed by atoms with Crippen LogP contribution in [0.1, 0.15) is 29.1 Å². The normalized spacial score (nSPS) is 16.6. The molecule has 0 aliphatic carbocycles. The van der Waals surface area contributed by atoms with Gasteiger partial charge in [0.2, 0.25) is 5.76 Å². The third kappa shape index (κ3) is 3.31. The van der Waals surface area contributed by atoms with Crippen molar-refractivity contribution in [1.29, 1.82) is 0 Å². The van der Waals surface area contributed by atoms with Gasteiger partial charge >= 0.3 is 5.97 Å². The van der Waals surface area contributed by atoms with Crippen molar-refractivity contribution in [2.45, 2.75) is 25.9 Å². The van der Waals surface area contributed by atoms with Crippen LogP contribution in [0.3, 0.4) is 0 Å². The van der Waals surface area contributed by atoms with Gasteiger partial charge in [-0.05, 0) is 19.8 Å². The van der Waals surface area contributed by atoms with Crippen molar-refractivity contribution in [3.8, 4) is 0 Å². The minimum atomic E-state index is -0.976. The zero-order chi connectivity index (χ0) is 13.8. The van der Waals surface area contributed by atoms with Gasteiger partial charge in [-0.3, -0.25) is 4.79 Å². The van der Waals surface area contributed by atoms with Gasteiger partial charge in [0.25, 0.3) is 5.91 Å². The Morgan fingerprint density at radius 1 is 1.53 bits per heavy atom. The summed E-state index contributed by atoms with van der Waals surface area (Å²) in [5, 5.41) is 8.53. The van der Waals surface area contributed by atoms with Crippen LogP contribution in [0.5, 0.6) is 0 Å². The van der Waals surface area contributed by atoms with Gasteiger partial charge < -0.3 is 19.2 Å². The number of hydrogen-bond acceptors (Lipinski definition) is 5. The van der Waals surface area contributed by atoms with Gasteiger partial charge in [0, 0.05) is 13.1 Å². The molecule has 0 unspecified atom stereocenters. The van der Waals surface area contributed by atoms with Crippen molar-refractivity contribution in [2.75, 3.05) is 19.7 Å². The Kier molecular flexibility index (Phi) is 4.16. The fraction of sp³-hybridized carbons (Fsp3) is 0.583. The van der Waals surface area contributed by atoms with Gasteiger partial charge in [-0.25, -0.2) is 9.78 Å². The Bertz CT molecular complexity index is 462. The predicted molar refractivity (Wildman–Crippen MR) is 63.8 cm³/mol. The summed E-state index contributed by atoms with van der Waals surface area (Å²) in [6.45, 7) is 2.49. The van der Waals surface area contributed by atoms with E-state index in [0.717, 1.165) is 0 Å². The Morgan fingerprint density at radius 2 is 2.21 bits per heavy atom. The van der Waals surface area contributed by atoms with Crippen molar-refractivity contribution < 1.29 is 23.8 Å². The summed E-state index contributed by atoms with van der Waals surface area (Å²) in [4.78, 5) is 28.1. The van der Waals surface area contributed by atoms with Crippen LogP contribution in [0.15, 0.2) is 10.8 Å². The standard InChI is InChI=1S/C12H16N2O5/c1-8-11(19-7-13-8)12(17)14-4-2-9(3-5-14)18-6-10(15)16/h7,9H,2-6H2,1H3,(H,15,16). The highest BCUT2D eigenvalue weighted by atomic mass is 16.5. The van der Waals surface area contributed by atoms with E-state index in [-0.39, 0.29) is 24.4 Å². The lowest BCUT2D eigenvalue weighted by atomic mass is 10.1. The first-order valence-electron chi connectivity index (χ1n) is 6.10. The number of carbonyl (C=O) groups is 2. The number of aryl methyl sites for hydroxylation is 1. The summed E-state index contributed by atoms with van der Waals surface area (Å²) in [7, 11) is 0. The number of hydrogen-bond donors (Lipinski definition) is 1. The van der Waals surface area contributed by atoms with Gasteiger partial charge in [-0.2, -0.15) is 0 Å². The largest absolute Gasteiger partial charge is 0.480 e. The van der Waals surface area contributed by atoms with E-state index < -0.39 is 5.97 Å². The summed E-state index contributed by atoms with van der Waals surface area (Å²) in [5.74, 6) is -0.882. The molecule has 1 aliphatic heterocycles. The molecule has 1 fully saturated rings. The number of ether oxygens (including phenoxy) is 1. The van der Waals surface area contributed by atoms with Gasteiger partial charge in [0.05, 0.1) is 11.8 Å². The second kappa shape index (κ2) is 5.83. The minimum Gasteiger partial charge on any atom is -0.480 e. The van der Waals surface area contributed by atoms with Crippen molar-refractivity contribution in [2.24, 2.45) is 0 Å². The smallest absolute Gasteiger partial charge is 0.329 e. The number of oxazole rings is 1. The molecule has 2 rings (SSSR count). The summed E-state index contributed by atoms with van der Waals surface area (Å²) < 4.78 is 10.3. The first kappa shape index (κ1) is 13.5. The molecule has 2 heterocycles. The number of carboxylic acid groups (broad SMARTS) is 1. The minimum absolute atomic E-state index is 0.101. The molecule has 0 saturated carbocycles. The molecule has 1 saturated heterocycles. The zero-order valence-corrected chi connectivity index (χ0v) is 10.7. The first-order chi connectivity index (χ1) is 9.08. The summed E-state index contributed by atoms with van der Waals surface area (Å²) in [6.07, 6.45) is 2.42. The van der Waals surface area contributed by atoms with E-state index in [2.05, 4.69) is 4.98 Å². The van der Waals surface area contributed by atoms with E-state index in [9.17, 15) is 9.59 Å². The molecule has 1 aromatic rings. The lowest BCUT2D eigenvalue weighted by Gasteiger charge is -2.31. The van der Waals surface area contributed by atoms with Gasteiger partial charge in [-0.1, -0.05) is 0 Å². The number of likely N-dealkylation sites (tertiary alicyclic amines) is 1. The van der Waals surface area contributed by atoms with E-state index in [4.69, 9.17) is 14.3 Å². The molecule has 1 amide bonds. The Balaban J connectivity index is 1.85. The molecular formula is C12H16N2O5. The summed E-state index contributed by atoms with van der Waals surface area (Å²) in [6, 6.07) is 0. The Morgan fingerprint density at radius 3 is 2.74 bits per heavy atom. The molecular weight excluding hydrogens is 252 g/mol. The molecule has 7 heteroatoms. The van der Waals surface area contributed by atoms with Crippen molar-refractivity contribution >= 4 is 11.9 Å². The molecule has 1 N–H and O–H groups in total. The SMILES string of the molecule is Cc1ncoc1C(=O)N1CCC(OCC(=O)O)CC1. The number of aliphatic carboxylic acids is 1. The van der Waals surface area contributed by atoms with Crippen LogP contribution < -0.4 is 0 Å². The summed E-state index contributed by atoms with van der Waals surface area (Å²) in [5.41, 5.74) is 0.578. The van der Waals surface area contributed by atoms with Crippen LogP contribution in [-0.2, 0) is 9.53 Å². The lowest BCUT2D eigenvalue weighted by molar-refractivity contribution is -0.145. The Labute approximate surface area is 110 Å². The third-order valence-electron chi connectivity index (χ3n) is 3.11. The molecule has 1 aromatic heterocycles. The van der Waals surface area contributed by atoms with Crippen molar-refractivity contribution in [3.63, 3.8) is 0 Å². The summed E-state index contributed by atoms with van der Waals surface area (Å²) >= 11 is 0. The highest BCUT2D eigenvalue weighted by molar-refractivity contribution is 5.92. The van der Waals surface area contributed by atoms with E-state index in [1.54, 1.807) is 11.8 Å². The number of piperidine rings is 1. The molecule has 19 heavy (non-hydrogen) atoms. The molecule has 104 valence electrons. The average molecular weight is 268 g/mol. The van der Waals surface area contributed by atoms with E-state index >= 15 is 0 Å². The van der Waals surface area contributed by atoms with Crippen LogP contribution in [0.25, 0.3) is 0 Å². The second-order valence-electron chi connectivity index (χ2n) is 4.46. The molecule has 0 radical (unpaired) electrons. The molecule has 7 nitrogen and oxygen atoms in total. The van der Waals surface area contributed by atoms with Crippen LogP contribution in [0.4, 0.5) is 0 Å². The zero-order valence-electron chi connectivity index (χ0n) is 10.7. The highest BCUT2D eigenvalue weighted by Crippen LogP contribution is 2.17. The molecule has 0 spiro atoms. The second-order valence-corrected chi connectivity index (χ2v) is 4.46. The molecule has 0 atom stereocenters. The van der Waals surface area contributed by atoms with E-state index in [0.29, 0.717) is 31.6 Å². The van der Waals surface area contributed by atoms with Gasteiger partial charge in [0.15, 0.2) is 6.39 Å². The van der Waals surface area contributed by atoms with Crippen LogP contribution in [0, 0.1) is 6.92 Å².